The Kier molecular flexibility index (Phi) is 3.44. The second-order valence-electron chi connectivity index (χ2n) is 6.79. The number of ether oxygens (including phenoxy) is 2. The normalized spacial score (nSPS) is 29.4. The number of hydrogen-bond donors (Lipinski definition) is 0. The summed E-state index contributed by atoms with van der Waals surface area (Å²) >= 11 is 0. The molecule has 0 spiro atoms. The molecule has 0 radical (unpaired) electrons. The van der Waals surface area contributed by atoms with E-state index in [0.717, 1.165) is 37.3 Å². The van der Waals surface area contributed by atoms with Crippen LogP contribution in [-0.4, -0.2) is 31.6 Å². The number of methoxy groups -OCH3 is 2. The van der Waals surface area contributed by atoms with Gasteiger partial charge in [0.15, 0.2) is 11.5 Å². The summed E-state index contributed by atoms with van der Waals surface area (Å²) in [7, 11) is 3.32. The number of fused-ring (bicyclic) bond motifs is 5. The first-order valence-corrected chi connectivity index (χ1v) is 8.53. The molecule has 4 nitrogen and oxygen atoms in total. The summed E-state index contributed by atoms with van der Waals surface area (Å²) in [5, 5.41) is 0. The highest BCUT2D eigenvalue weighted by Crippen LogP contribution is 2.58. The molecule has 0 aromatic heterocycles. The lowest BCUT2D eigenvalue weighted by atomic mass is 9.65. The maximum atomic E-state index is 12.8. The zero-order valence-corrected chi connectivity index (χ0v) is 14.2. The van der Waals surface area contributed by atoms with Crippen molar-refractivity contribution in [2.45, 2.75) is 24.8 Å². The Bertz CT molecular complexity index is 739. The predicted molar refractivity (Wildman–Crippen MR) is 92.2 cm³/mol. The van der Waals surface area contributed by atoms with Crippen molar-refractivity contribution < 1.29 is 14.3 Å². The number of carbonyl (C=O) groups excluding carboxylic acids is 1. The molecule has 2 heterocycles. The van der Waals surface area contributed by atoms with Crippen LogP contribution in [0.15, 0.2) is 36.9 Å². The van der Waals surface area contributed by atoms with Gasteiger partial charge in [-0.3, -0.25) is 4.79 Å². The van der Waals surface area contributed by atoms with Crippen LogP contribution in [0.3, 0.4) is 0 Å². The number of allylic oxidation sites excluding steroid dienone is 1. The van der Waals surface area contributed by atoms with E-state index >= 15 is 0 Å². The Labute approximate surface area is 142 Å². The molecule has 1 fully saturated rings. The van der Waals surface area contributed by atoms with E-state index in [1.54, 1.807) is 14.2 Å². The van der Waals surface area contributed by atoms with Crippen molar-refractivity contribution in [2.75, 3.05) is 20.8 Å². The summed E-state index contributed by atoms with van der Waals surface area (Å²) in [6, 6.07) is 4.17. The maximum absolute atomic E-state index is 12.8. The molecular weight excluding hydrogens is 302 g/mol. The van der Waals surface area contributed by atoms with Crippen molar-refractivity contribution in [3.05, 3.63) is 48.1 Å². The lowest BCUT2D eigenvalue weighted by molar-refractivity contribution is -0.133. The van der Waals surface area contributed by atoms with Crippen LogP contribution in [0.4, 0.5) is 0 Å². The van der Waals surface area contributed by atoms with Gasteiger partial charge in [-0.15, -0.1) is 6.58 Å². The smallest absolute Gasteiger partial charge is 0.230 e. The number of carbonyl (C=O) groups is 1. The monoisotopic (exact) mass is 325 g/mol. The molecular formula is C20H23NO3. The van der Waals surface area contributed by atoms with Crippen LogP contribution in [0.5, 0.6) is 11.5 Å². The molecule has 0 unspecified atom stereocenters. The number of hydrogen-bond acceptors (Lipinski definition) is 3. The van der Waals surface area contributed by atoms with E-state index in [2.05, 4.69) is 35.8 Å². The van der Waals surface area contributed by atoms with E-state index in [0.29, 0.717) is 0 Å². The summed E-state index contributed by atoms with van der Waals surface area (Å²) in [5.41, 5.74) is 2.22. The lowest BCUT2D eigenvalue weighted by Gasteiger charge is -2.47. The average Bonchev–Trinajstić information content (AvgIpc) is 2.73. The van der Waals surface area contributed by atoms with Crippen molar-refractivity contribution in [1.29, 1.82) is 0 Å². The minimum absolute atomic E-state index is 0.0360. The third-order valence-corrected chi connectivity index (χ3v) is 5.91. The van der Waals surface area contributed by atoms with Gasteiger partial charge in [-0.1, -0.05) is 18.2 Å². The van der Waals surface area contributed by atoms with Crippen LogP contribution < -0.4 is 9.47 Å². The zero-order chi connectivity index (χ0) is 16.9. The van der Waals surface area contributed by atoms with Crippen LogP contribution >= 0.6 is 0 Å². The van der Waals surface area contributed by atoms with E-state index in [-0.39, 0.29) is 23.3 Å². The quantitative estimate of drug-likeness (QED) is 0.781. The summed E-state index contributed by atoms with van der Waals surface area (Å²) in [6.07, 6.45) is 8.85. The second kappa shape index (κ2) is 5.40. The first kappa shape index (κ1) is 15.3. The Balaban J connectivity index is 1.92. The molecule has 1 aromatic rings. The zero-order valence-electron chi connectivity index (χ0n) is 14.2. The Morgan fingerprint density at radius 2 is 2.04 bits per heavy atom. The lowest BCUT2D eigenvalue weighted by Crippen LogP contribution is -2.50. The molecule has 1 amide bonds. The highest BCUT2D eigenvalue weighted by Gasteiger charge is 2.61. The summed E-state index contributed by atoms with van der Waals surface area (Å²) in [5.74, 6) is 2.05. The minimum atomic E-state index is -0.266. The first-order chi connectivity index (χ1) is 11.7. The minimum Gasteiger partial charge on any atom is -0.493 e. The van der Waals surface area contributed by atoms with Gasteiger partial charge >= 0.3 is 0 Å². The molecule has 1 aliphatic carbocycles. The standard InChI is InChI=1S/C20H23NO3/c1-4-5-9-20-15-7-6-14(15)19(22)21(20)10-8-13-11-17(23-2)18(24-3)12-16(13)20/h4,6-7,11-12,14-15H,1,5,8-10H2,2-3H3/t14-,15+,20-/m1/s1. The molecule has 0 bridgehead atoms. The van der Waals surface area contributed by atoms with Gasteiger partial charge in [-0.25, -0.2) is 0 Å². The fraction of sp³-hybridized carbons (Fsp3) is 0.450. The van der Waals surface area contributed by atoms with Crippen molar-refractivity contribution in [3.63, 3.8) is 0 Å². The molecule has 3 atom stereocenters. The third-order valence-electron chi connectivity index (χ3n) is 5.91. The van der Waals surface area contributed by atoms with Gasteiger partial charge in [0.1, 0.15) is 0 Å². The molecule has 0 N–H and O–H groups in total. The third kappa shape index (κ3) is 1.77. The van der Waals surface area contributed by atoms with Crippen LogP contribution in [0, 0.1) is 11.8 Å². The van der Waals surface area contributed by atoms with E-state index < -0.39 is 0 Å². The highest BCUT2D eigenvalue weighted by atomic mass is 16.5. The second-order valence-corrected chi connectivity index (χ2v) is 6.79. The van der Waals surface area contributed by atoms with Gasteiger partial charge in [0.2, 0.25) is 5.91 Å². The Morgan fingerprint density at radius 3 is 2.67 bits per heavy atom. The van der Waals surface area contributed by atoms with Gasteiger partial charge in [-0.05, 0) is 42.5 Å². The van der Waals surface area contributed by atoms with Crippen LogP contribution in [-0.2, 0) is 16.8 Å². The number of nitrogens with zero attached hydrogens (tertiary/aromatic N) is 1. The highest BCUT2D eigenvalue weighted by molar-refractivity contribution is 5.88. The summed E-state index contributed by atoms with van der Waals surface area (Å²) in [4.78, 5) is 15.0. The summed E-state index contributed by atoms with van der Waals surface area (Å²) in [6.45, 7) is 4.66. The summed E-state index contributed by atoms with van der Waals surface area (Å²) < 4.78 is 11.0. The predicted octanol–water partition coefficient (Wildman–Crippen LogP) is 3.07. The van der Waals surface area contributed by atoms with Crippen molar-refractivity contribution in [1.82, 2.24) is 4.90 Å². The SMILES string of the molecule is C=CCC[C@@]12c3cc(OC)c(OC)cc3CCN1C(=O)[C@@H]1C=C[C@@H]12. The van der Waals surface area contributed by atoms with Gasteiger partial charge in [0, 0.05) is 12.5 Å². The Morgan fingerprint density at radius 1 is 1.29 bits per heavy atom. The molecule has 4 rings (SSSR count). The molecule has 1 aromatic carbocycles. The van der Waals surface area contributed by atoms with Crippen LogP contribution in [0.1, 0.15) is 24.0 Å². The van der Waals surface area contributed by atoms with E-state index in [9.17, 15) is 4.79 Å². The van der Waals surface area contributed by atoms with Crippen molar-refractivity contribution in [2.24, 2.45) is 11.8 Å². The molecule has 3 aliphatic rings. The van der Waals surface area contributed by atoms with Crippen molar-refractivity contribution >= 4 is 5.91 Å². The van der Waals surface area contributed by atoms with Crippen molar-refractivity contribution in [3.8, 4) is 11.5 Å². The first-order valence-electron chi connectivity index (χ1n) is 8.53. The van der Waals surface area contributed by atoms with E-state index in [1.165, 1.54) is 11.1 Å². The number of rotatable bonds is 5. The van der Waals surface area contributed by atoms with Crippen LogP contribution in [0.25, 0.3) is 0 Å². The molecule has 2 aliphatic heterocycles. The molecule has 4 heteroatoms. The van der Waals surface area contributed by atoms with Gasteiger partial charge in [-0.2, -0.15) is 0 Å². The fourth-order valence-corrected chi connectivity index (χ4v) is 4.74. The largest absolute Gasteiger partial charge is 0.493 e. The number of amides is 1. The molecule has 0 saturated carbocycles. The maximum Gasteiger partial charge on any atom is 0.230 e. The van der Waals surface area contributed by atoms with E-state index in [4.69, 9.17) is 9.47 Å². The topological polar surface area (TPSA) is 38.8 Å². The van der Waals surface area contributed by atoms with Crippen LogP contribution in [0.2, 0.25) is 0 Å². The molecule has 126 valence electrons. The molecule has 24 heavy (non-hydrogen) atoms. The van der Waals surface area contributed by atoms with Gasteiger partial charge in [0.25, 0.3) is 0 Å². The Hall–Kier alpha value is -2.23. The fourth-order valence-electron chi connectivity index (χ4n) is 4.74. The van der Waals surface area contributed by atoms with Gasteiger partial charge in [0.05, 0.1) is 25.7 Å². The van der Waals surface area contributed by atoms with E-state index in [1.807, 2.05) is 6.08 Å². The van der Waals surface area contributed by atoms with Gasteiger partial charge < -0.3 is 14.4 Å². The molecule has 1 saturated heterocycles. The average molecular weight is 325 g/mol. The number of benzene rings is 1.